The normalized spacial score (nSPS) is 12.0. The monoisotopic (exact) mass is 440 g/mol. The van der Waals surface area contributed by atoms with Crippen molar-refractivity contribution in [2.45, 2.75) is 110 Å². The molecule has 0 aromatic carbocycles. The molecule has 178 valence electrons. The molecule has 0 unspecified atom stereocenters. The Kier molecular flexibility index (Phi) is 22.9. The fourth-order valence-electron chi connectivity index (χ4n) is 3.47. The molecular formula is C22H51NO5P+. The van der Waals surface area contributed by atoms with E-state index in [9.17, 15) is 0 Å². The Bertz CT molecular complexity index is 366. The third-order valence-corrected chi connectivity index (χ3v) is 5.32. The van der Waals surface area contributed by atoms with E-state index in [0.29, 0.717) is 6.61 Å². The van der Waals surface area contributed by atoms with E-state index < -0.39 is 7.82 Å². The lowest BCUT2D eigenvalue weighted by Gasteiger charge is -2.28. The molecule has 0 aromatic heterocycles. The predicted octanol–water partition coefficient (Wildman–Crippen LogP) is 5.39. The van der Waals surface area contributed by atoms with Gasteiger partial charge in [-0.25, -0.2) is 4.57 Å². The maximum atomic E-state index is 9.02. The summed E-state index contributed by atoms with van der Waals surface area (Å²) in [6.07, 6.45) is 22.9. The maximum absolute atomic E-state index is 9.02. The van der Waals surface area contributed by atoms with E-state index in [1.54, 1.807) is 0 Å². The van der Waals surface area contributed by atoms with Gasteiger partial charge < -0.3 is 24.3 Å². The number of hydrogen-bond donors (Lipinski definition) is 4. The van der Waals surface area contributed by atoms with Crippen LogP contribution in [0.15, 0.2) is 0 Å². The number of phosphoric acid groups is 1. The first-order chi connectivity index (χ1) is 13.6. The van der Waals surface area contributed by atoms with Crippen LogP contribution in [0.2, 0.25) is 0 Å². The standard InChI is InChI=1S/C22H48NO.H3O4P/c1-4-5-6-7-8-9-10-11-12-13-14-15-16-17-18-19-20-23(2,3)21-22-24;1-5(2,3)4/h24H,4-22H2,1-3H3;(H3,1,2,3,4)/q+1;. The summed E-state index contributed by atoms with van der Waals surface area (Å²) in [4.78, 5) is 21.6. The van der Waals surface area contributed by atoms with E-state index >= 15 is 0 Å². The van der Waals surface area contributed by atoms with Crippen LogP contribution >= 0.6 is 7.82 Å². The molecule has 0 aliphatic heterocycles. The topological polar surface area (TPSA) is 98.0 Å². The van der Waals surface area contributed by atoms with Gasteiger partial charge in [-0.1, -0.05) is 96.8 Å². The molecule has 0 saturated heterocycles. The van der Waals surface area contributed by atoms with E-state index in [1.165, 1.54) is 109 Å². The van der Waals surface area contributed by atoms with Crippen molar-refractivity contribution in [1.29, 1.82) is 0 Å². The Labute approximate surface area is 180 Å². The molecule has 0 rings (SSSR count). The van der Waals surface area contributed by atoms with Crippen LogP contribution in [0, 0.1) is 0 Å². The van der Waals surface area contributed by atoms with Gasteiger partial charge in [0.25, 0.3) is 0 Å². The van der Waals surface area contributed by atoms with Gasteiger partial charge in [0.15, 0.2) is 0 Å². The third kappa shape index (κ3) is 35.8. The van der Waals surface area contributed by atoms with E-state index in [1.807, 2.05) is 0 Å². The summed E-state index contributed by atoms with van der Waals surface area (Å²) >= 11 is 0. The molecule has 0 spiro atoms. The second kappa shape index (κ2) is 21.3. The zero-order valence-electron chi connectivity index (χ0n) is 19.5. The molecule has 0 saturated carbocycles. The highest BCUT2D eigenvalue weighted by molar-refractivity contribution is 7.45. The summed E-state index contributed by atoms with van der Waals surface area (Å²) in [6.45, 7) is 4.70. The Hall–Kier alpha value is 0.0300. The van der Waals surface area contributed by atoms with Gasteiger partial charge in [-0.2, -0.15) is 0 Å². The highest BCUT2D eigenvalue weighted by Gasteiger charge is 2.12. The molecule has 7 heteroatoms. The number of likely N-dealkylation sites (N-methyl/N-ethyl adjacent to an activating group) is 1. The molecule has 0 aliphatic carbocycles. The van der Waals surface area contributed by atoms with Crippen LogP contribution in [0.3, 0.4) is 0 Å². The van der Waals surface area contributed by atoms with Crippen LogP contribution in [0.4, 0.5) is 0 Å². The highest BCUT2D eigenvalue weighted by atomic mass is 31.2. The van der Waals surface area contributed by atoms with Crippen molar-refractivity contribution in [3.8, 4) is 0 Å². The van der Waals surface area contributed by atoms with Gasteiger partial charge in [0.2, 0.25) is 0 Å². The summed E-state index contributed by atoms with van der Waals surface area (Å²) in [5, 5.41) is 9.02. The minimum Gasteiger partial charge on any atom is -0.391 e. The first kappa shape index (κ1) is 31.2. The van der Waals surface area contributed by atoms with Gasteiger partial charge in [0, 0.05) is 0 Å². The molecule has 0 bridgehead atoms. The van der Waals surface area contributed by atoms with Crippen molar-refractivity contribution in [3.63, 3.8) is 0 Å². The minimum absolute atomic E-state index is 0.311. The minimum atomic E-state index is -4.64. The second-order valence-corrected chi connectivity index (χ2v) is 9.95. The van der Waals surface area contributed by atoms with Crippen molar-refractivity contribution in [3.05, 3.63) is 0 Å². The third-order valence-electron chi connectivity index (χ3n) is 5.32. The number of aliphatic hydroxyl groups excluding tert-OH is 1. The van der Waals surface area contributed by atoms with E-state index in [-0.39, 0.29) is 0 Å². The lowest BCUT2D eigenvalue weighted by molar-refractivity contribution is -0.890. The molecule has 6 nitrogen and oxygen atoms in total. The SMILES string of the molecule is CCCCCCCCCCCCCCCCCC[N+](C)(C)CCO.O=P(O)(O)O. The molecule has 0 aliphatic rings. The van der Waals surface area contributed by atoms with E-state index in [2.05, 4.69) is 21.0 Å². The van der Waals surface area contributed by atoms with Gasteiger partial charge in [-0.3, -0.25) is 0 Å². The van der Waals surface area contributed by atoms with Gasteiger partial charge >= 0.3 is 7.82 Å². The molecule has 0 radical (unpaired) electrons. The Morgan fingerprint density at radius 2 is 0.862 bits per heavy atom. The molecule has 0 aromatic rings. The Morgan fingerprint density at radius 3 is 1.14 bits per heavy atom. The predicted molar refractivity (Wildman–Crippen MR) is 123 cm³/mol. The lowest BCUT2D eigenvalue weighted by Crippen LogP contribution is -2.42. The fourth-order valence-corrected chi connectivity index (χ4v) is 3.47. The molecule has 0 atom stereocenters. The second-order valence-electron chi connectivity index (χ2n) is 8.92. The number of unbranched alkanes of at least 4 members (excludes halogenated alkanes) is 15. The number of quaternary nitrogens is 1. The average Bonchev–Trinajstić information content (AvgIpc) is 2.60. The molecule has 0 heterocycles. The number of rotatable bonds is 19. The Balaban J connectivity index is 0. The largest absolute Gasteiger partial charge is 0.466 e. The van der Waals surface area contributed by atoms with Gasteiger partial charge in [-0.15, -0.1) is 0 Å². The molecule has 0 amide bonds. The zero-order chi connectivity index (χ0) is 22.4. The summed E-state index contributed by atoms with van der Waals surface area (Å²) in [5.74, 6) is 0. The maximum Gasteiger partial charge on any atom is 0.466 e. The summed E-state index contributed by atoms with van der Waals surface area (Å²) in [5.41, 5.74) is 0. The van der Waals surface area contributed by atoms with Gasteiger partial charge in [0.05, 0.1) is 27.2 Å². The lowest BCUT2D eigenvalue weighted by atomic mass is 10.0. The zero-order valence-corrected chi connectivity index (χ0v) is 20.4. The average molecular weight is 441 g/mol. The molecule has 0 fully saturated rings. The van der Waals surface area contributed by atoms with E-state index in [0.717, 1.165) is 11.0 Å². The Morgan fingerprint density at radius 1 is 0.586 bits per heavy atom. The van der Waals surface area contributed by atoms with Crippen molar-refractivity contribution >= 4 is 7.82 Å². The first-order valence-electron chi connectivity index (χ1n) is 11.8. The van der Waals surface area contributed by atoms with Gasteiger partial charge in [0.1, 0.15) is 6.54 Å². The van der Waals surface area contributed by atoms with Crippen LogP contribution in [0.1, 0.15) is 110 Å². The summed E-state index contributed by atoms with van der Waals surface area (Å²) in [7, 11) is -0.192. The van der Waals surface area contributed by atoms with Crippen LogP contribution in [0.25, 0.3) is 0 Å². The van der Waals surface area contributed by atoms with Crippen molar-refractivity contribution in [2.24, 2.45) is 0 Å². The van der Waals surface area contributed by atoms with Crippen molar-refractivity contribution in [2.75, 3.05) is 33.8 Å². The van der Waals surface area contributed by atoms with Crippen molar-refractivity contribution < 1.29 is 28.8 Å². The smallest absolute Gasteiger partial charge is 0.391 e. The van der Waals surface area contributed by atoms with Crippen LogP contribution < -0.4 is 0 Å². The number of hydrogen-bond acceptors (Lipinski definition) is 2. The summed E-state index contributed by atoms with van der Waals surface area (Å²) < 4.78 is 9.85. The fraction of sp³-hybridized carbons (Fsp3) is 1.00. The van der Waals surface area contributed by atoms with Crippen LogP contribution in [0.5, 0.6) is 0 Å². The number of nitrogens with zero attached hydrogens (tertiary/aromatic N) is 1. The number of aliphatic hydroxyl groups is 1. The molecular weight excluding hydrogens is 389 g/mol. The molecule has 29 heavy (non-hydrogen) atoms. The quantitative estimate of drug-likeness (QED) is 0.123. The van der Waals surface area contributed by atoms with Gasteiger partial charge in [-0.05, 0) is 12.8 Å². The van der Waals surface area contributed by atoms with Crippen LogP contribution in [-0.2, 0) is 4.57 Å². The first-order valence-corrected chi connectivity index (χ1v) is 13.4. The van der Waals surface area contributed by atoms with Crippen molar-refractivity contribution in [1.82, 2.24) is 0 Å². The molecule has 4 N–H and O–H groups in total. The summed E-state index contributed by atoms with van der Waals surface area (Å²) in [6, 6.07) is 0. The van der Waals surface area contributed by atoms with E-state index in [4.69, 9.17) is 24.4 Å². The van der Waals surface area contributed by atoms with Crippen LogP contribution in [-0.4, -0.2) is 58.1 Å². The highest BCUT2D eigenvalue weighted by Crippen LogP contribution is 2.25.